The Labute approximate surface area is 364 Å². The van der Waals surface area contributed by atoms with Gasteiger partial charge >= 0.3 is 6.18 Å². The van der Waals surface area contributed by atoms with Crippen LogP contribution in [0.25, 0.3) is 22.3 Å². The predicted molar refractivity (Wildman–Crippen MR) is 226 cm³/mol. The van der Waals surface area contributed by atoms with Crippen LogP contribution in [0.4, 0.5) is 13.2 Å². The summed E-state index contributed by atoms with van der Waals surface area (Å²) in [5.74, 6) is -4.27. The first-order valence-electron chi connectivity index (χ1n) is 21.8. The molecule has 63 heavy (non-hydrogen) atoms. The number of amides is 4. The van der Waals surface area contributed by atoms with E-state index in [1.54, 1.807) is 31.5 Å². The largest absolute Gasteiger partial charge is 0.496 e. The number of halogens is 3. The van der Waals surface area contributed by atoms with E-state index in [1.165, 1.54) is 9.80 Å². The van der Waals surface area contributed by atoms with Gasteiger partial charge in [-0.2, -0.15) is 13.2 Å². The fourth-order valence-corrected chi connectivity index (χ4v) is 10.7. The standard InChI is InChI=1S/C45H53F3N6O8S/c1-27-37(61-2)16-15-33-38(24-35(50-40(27)33)34-12-8-9-19-49-34)62-31-23-36-41(56)51-44(43(58)52-63(59,60)32-13-14-32)25-30(44)11-7-5-3-4-6-10-28(42(57)54(36)26-31)22-39(55)53-20-17-29(18-21-53)45(46,47)48/h7-9,11-12,15-16,19,24,28-32,36H,3-6,10,13-14,17-18,20-23,25-26H2,1-2H3,(H,51,56)(H,52,58)/t28-,30?,31-,36+,44-/m1/s1. The lowest BCUT2D eigenvalue weighted by atomic mass is 9.92. The van der Waals surface area contributed by atoms with Crippen molar-refractivity contribution in [2.75, 3.05) is 26.7 Å². The molecular weight excluding hydrogens is 842 g/mol. The van der Waals surface area contributed by atoms with E-state index in [9.17, 15) is 40.8 Å². The van der Waals surface area contributed by atoms with E-state index in [-0.39, 0.29) is 51.7 Å². The zero-order chi connectivity index (χ0) is 44.7. The Morgan fingerprint density at radius 2 is 1.78 bits per heavy atom. The predicted octanol–water partition coefficient (Wildman–Crippen LogP) is 5.77. The Morgan fingerprint density at radius 3 is 2.48 bits per heavy atom. The molecule has 2 saturated carbocycles. The third-order valence-corrected chi connectivity index (χ3v) is 15.1. The Kier molecular flexibility index (Phi) is 12.5. The van der Waals surface area contributed by atoms with Crippen LogP contribution in [-0.4, -0.2) is 108 Å². The number of aryl methyl sites for hydroxylation is 1. The molecule has 14 nitrogen and oxygen atoms in total. The van der Waals surface area contributed by atoms with E-state index in [1.807, 2.05) is 37.3 Å². The number of methoxy groups -OCH3 is 1. The summed E-state index contributed by atoms with van der Waals surface area (Å²) < 4.78 is 80.9. The van der Waals surface area contributed by atoms with Gasteiger partial charge in [0.25, 0.3) is 5.91 Å². The number of nitrogens with one attached hydrogen (secondary N) is 2. The molecule has 1 unspecified atom stereocenters. The molecule has 1 aromatic carbocycles. The van der Waals surface area contributed by atoms with Gasteiger partial charge in [0.05, 0.1) is 41.7 Å². The van der Waals surface area contributed by atoms with Gasteiger partial charge in [-0.05, 0) is 82.6 Å². The average molecular weight is 895 g/mol. The van der Waals surface area contributed by atoms with E-state index in [0.29, 0.717) is 72.3 Å². The van der Waals surface area contributed by atoms with Gasteiger partial charge in [0.1, 0.15) is 29.2 Å². The Balaban J connectivity index is 1.12. The van der Waals surface area contributed by atoms with Crippen molar-refractivity contribution in [3.8, 4) is 22.9 Å². The Bertz CT molecular complexity index is 2390. The molecule has 0 spiro atoms. The van der Waals surface area contributed by atoms with Gasteiger partial charge < -0.3 is 24.6 Å². The minimum atomic E-state index is -4.35. The average Bonchev–Trinajstić information content (AvgIpc) is 4.19. The van der Waals surface area contributed by atoms with E-state index >= 15 is 0 Å². The van der Waals surface area contributed by atoms with Crippen molar-refractivity contribution < 1.29 is 50.2 Å². The number of likely N-dealkylation sites (tertiary alicyclic amines) is 1. The quantitative estimate of drug-likeness (QED) is 0.251. The topological polar surface area (TPSA) is 177 Å². The summed E-state index contributed by atoms with van der Waals surface area (Å²) in [4.78, 5) is 69.4. The van der Waals surface area contributed by atoms with Crippen molar-refractivity contribution in [1.82, 2.24) is 29.8 Å². The highest BCUT2D eigenvalue weighted by atomic mass is 32.2. The summed E-state index contributed by atoms with van der Waals surface area (Å²) in [6.45, 7) is 1.65. The van der Waals surface area contributed by atoms with Crippen molar-refractivity contribution in [3.05, 3.63) is 60.3 Å². The van der Waals surface area contributed by atoms with Gasteiger partial charge in [0, 0.05) is 61.0 Å². The lowest BCUT2D eigenvalue weighted by molar-refractivity contribution is -0.186. The van der Waals surface area contributed by atoms with Crippen LogP contribution >= 0.6 is 0 Å². The summed E-state index contributed by atoms with van der Waals surface area (Å²) in [6, 6.07) is 9.60. The van der Waals surface area contributed by atoms with Crippen LogP contribution in [0.1, 0.15) is 82.6 Å². The molecule has 4 fully saturated rings. The lowest BCUT2D eigenvalue weighted by Gasteiger charge is -2.34. The van der Waals surface area contributed by atoms with E-state index in [2.05, 4.69) is 15.0 Å². The van der Waals surface area contributed by atoms with Crippen LogP contribution in [0.3, 0.4) is 0 Å². The normalized spacial score (nSPS) is 26.2. The minimum absolute atomic E-state index is 0.0142. The highest BCUT2D eigenvalue weighted by Gasteiger charge is 2.62. The molecule has 2 aromatic heterocycles. The molecule has 2 N–H and O–H groups in total. The van der Waals surface area contributed by atoms with Crippen molar-refractivity contribution in [2.45, 2.75) is 113 Å². The second-order valence-corrected chi connectivity index (χ2v) is 19.6. The first-order chi connectivity index (χ1) is 30.1. The summed E-state index contributed by atoms with van der Waals surface area (Å²) >= 11 is 0. The first kappa shape index (κ1) is 44.4. The number of ether oxygens (including phenoxy) is 2. The van der Waals surface area contributed by atoms with Crippen LogP contribution in [-0.2, 0) is 29.2 Å². The van der Waals surface area contributed by atoms with Gasteiger partial charge in [-0.25, -0.2) is 13.4 Å². The fourth-order valence-electron chi connectivity index (χ4n) is 9.30. The number of piperidine rings is 1. The molecule has 8 rings (SSSR count). The van der Waals surface area contributed by atoms with Gasteiger partial charge in [0.2, 0.25) is 27.7 Å². The number of hydrogen-bond acceptors (Lipinski definition) is 10. The number of nitrogens with zero attached hydrogens (tertiary/aromatic N) is 4. The molecule has 4 amide bonds. The second-order valence-electron chi connectivity index (χ2n) is 17.6. The zero-order valence-corrected chi connectivity index (χ0v) is 36.2. The van der Waals surface area contributed by atoms with Gasteiger partial charge in [-0.15, -0.1) is 0 Å². The zero-order valence-electron chi connectivity index (χ0n) is 35.4. The maximum Gasteiger partial charge on any atom is 0.391 e. The smallest absolute Gasteiger partial charge is 0.391 e. The molecule has 2 aliphatic carbocycles. The van der Waals surface area contributed by atoms with E-state index in [0.717, 1.165) is 12.0 Å². The van der Waals surface area contributed by atoms with Gasteiger partial charge in [0.15, 0.2) is 0 Å². The SMILES string of the molecule is COc1ccc2c(O[C@@H]3C[C@H]4C(=O)N[C@]5(C(=O)NS(=O)(=O)C6CC6)CC5C=CCCCCC[C@H](CC(=O)N5CCC(C(F)(F)F)CC5)C(=O)N4C3)cc(-c3ccccn3)nc2c1C. The van der Waals surface area contributed by atoms with Gasteiger partial charge in [-0.3, -0.25) is 28.9 Å². The maximum atomic E-state index is 14.9. The number of alkyl halides is 3. The highest BCUT2D eigenvalue weighted by Crippen LogP contribution is 2.46. The van der Waals surface area contributed by atoms with Crippen LogP contribution in [0.2, 0.25) is 0 Å². The van der Waals surface area contributed by atoms with Crippen LogP contribution < -0.4 is 19.5 Å². The molecule has 18 heteroatoms. The third kappa shape index (κ3) is 9.51. The second kappa shape index (κ2) is 17.7. The highest BCUT2D eigenvalue weighted by molar-refractivity contribution is 7.91. The van der Waals surface area contributed by atoms with Crippen LogP contribution in [0.5, 0.6) is 11.5 Å². The molecule has 2 saturated heterocycles. The lowest BCUT2D eigenvalue weighted by Crippen LogP contribution is -2.57. The molecular formula is C45H53F3N6O8S. The minimum Gasteiger partial charge on any atom is -0.496 e. The molecule has 3 aromatic rings. The van der Waals surface area contributed by atoms with E-state index in [4.69, 9.17) is 14.5 Å². The number of carbonyl (C=O) groups is 4. The number of rotatable bonds is 9. The summed E-state index contributed by atoms with van der Waals surface area (Å²) in [5, 5.41) is 2.85. The Hall–Kier alpha value is -5.26. The molecule has 0 radical (unpaired) electrons. The third-order valence-electron chi connectivity index (χ3n) is 13.3. The van der Waals surface area contributed by atoms with Crippen LogP contribution in [0, 0.1) is 24.7 Å². The number of carbonyl (C=O) groups excluding carboxylic acids is 4. The number of pyridine rings is 2. The molecule has 3 aliphatic heterocycles. The van der Waals surface area contributed by atoms with Crippen LogP contribution in [0.15, 0.2) is 54.7 Å². The number of hydrogen-bond donors (Lipinski definition) is 2. The molecule has 338 valence electrons. The first-order valence-corrected chi connectivity index (χ1v) is 23.4. The van der Waals surface area contributed by atoms with E-state index < -0.39 is 80.5 Å². The summed E-state index contributed by atoms with van der Waals surface area (Å²) in [5.41, 5.74) is 0.860. The van der Waals surface area contributed by atoms with Crippen molar-refractivity contribution >= 4 is 44.6 Å². The molecule has 5 atom stereocenters. The Morgan fingerprint density at radius 1 is 1.00 bits per heavy atom. The fraction of sp³-hybridized carbons (Fsp3) is 0.556. The number of aromatic nitrogens is 2. The number of allylic oxidation sites excluding steroid dienone is 1. The molecule has 5 aliphatic rings. The number of fused-ring (bicyclic) bond motifs is 3. The molecule has 5 heterocycles. The number of sulfonamides is 1. The molecule has 0 bridgehead atoms. The van der Waals surface area contributed by atoms with Crippen molar-refractivity contribution in [3.63, 3.8) is 0 Å². The van der Waals surface area contributed by atoms with Crippen molar-refractivity contribution in [1.29, 1.82) is 0 Å². The van der Waals surface area contributed by atoms with Crippen molar-refractivity contribution in [2.24, 2.45) is 17.8 Å². The monoisotopic (exact) mass is 894 g/mol. The number of benzene rings is 1. The van der Waals surface area contributed by atoms with Gasteiger partial charge in [-0.1, -0.05) is 31.1 Å². The maximum absolute atomic E-state index is 14.9. The summed E-state index contributed by atoms with van der Waals surface area (Å²) in [6.07, 6.45) is 3.57. The summed E-state index contributed by atoms with van der Waals surface area (Å²) in [7, 11) is -2.39.